The van der Waals surface area contributed by atoms with Crippen LogP contribution in [-0.2, 0) is 6.54 Å². The normalized spacial score (nSPS) is 9.57. The third-order valence-electron chi connectivity index (χ3n) is 2.00. The lowest BCUT2D eigenvalue weighted by molar-refractivity contribution is 0.807. The summed E-state index contributed by atoms with van der Waals surface area (Å²) in [5.41, 5.74) is 2.78. The third-order valence-corrected chi connectivity index (χ3v) is 2.00. The van der Waals surface area contributed by atoms with Gasteiger partial charge >= 0.3 is 0 Å². The molecule has 0 aromatic heterocycles. The molecule has 0 spiro atoms. The molecule has 0 atom stereocenters. The molecule has 0 bridgehead atoms. The third kappa shape index (κ3) is 4.43. The number of rotatable bonds is 3. The Morgan fingerprint density at radius 3 is 2.36 bits per heavy atom. The molecular formula is C13H23N. The van der Waals surface area contributed by atoms with Crippen molar-refractivity contribution in [1.82, 2.24) is 5.32 Å². The minimum Gasteiger partial charge on any atom is -0.316 e. The first-order valence-electron chi connectivity index (χ1n) is 5.47. The molecule has 1 rings (SSSR count). The quantitative estimate of drug-likeness (QED) is 0.774. The zero-order valence-corrected chi connectivity index (χ0v) is 10.1. The average Bonchev–Trinajstić information content (AvgIpc) is 2.22. The van der Waals surface area contributed by atoms with Crippen LogP contribution in [-0.4, -0.2) is 7.05 Å². The fraction of sp³-hybridized carbons (Fsp3) is 0.538. The van der Waals surface area contributed by atoms with Gasteiger partial charge in [-0.3, -0.25) is 0 Å². The van der Waals surface area contributed by atoms with Gasteiger partial charge in [0.25, 0.3) is 0 Å². The van der Waals surface area contributed by atoms with Crippen molar-refractivity contribution in [3.63, 3.8) is 0 Å². The molecule has 0 fully saturated rings. The maximum atomic E-state index is 3.15. The Kier molecular flexibility index (Phi) is 7.13. The molecule has 0 aliphatic rings. The first kappa shape index (κ1) is 13.2. The van der Waals surface area contributed by atoms with Gasteiger partial charge in [-0.1, -0.05) is 52.0 Å². The standard InChI is InChI=1S/C11H17N.C2H6/c1-9(2)11-6-4-5-10(7-11)8-12-3;1-2/h4-7,9,12H,8H2,1-3H3;1-2H3. The Morgan fingerprint density at radius 2 is 1.86 bits per heavy atom. The van der Waals surface area contributed by atoms with E-state index < -0.39 is 0 Å². The summed E-state index contributed by atoms with van der Waals surface area (Å²) in [6.45, 7) is 9.40. The molecule has 0 amide bonds. The van der Waals surface area contributed by atoms with Gasteiger partial charge in [-0.2, -0.15) is 0 Å². The minimum absolute atomic E-state index is 0.627. The second-order valence-corrected chi connectivity index (χ2v) is 3.43. The average molecular weight is 193 g/mol. The zero-order chi connectivity index (χ0) is 11.0. The van der Waals surface area contributed by atoms with E-state index in [-0.39, 0.29) is 0 Å². The Bertz CT molecular complexity index is 241. The van der Waals surface area contributed by atoms with Crippen molar-refractivity contribution in [2.75, 3.05) is 7.05 Å². The molecule has 0 radical (unpaired) electrons. The summed E-state index contributed by atoms with van der Waals surface area (Å²) in [4.78, 5) is 0. The number of benzene rings is 1. The van der Waals surface area contributed by atoms with Crippen molar-refractivity contribution in [1.29, 1.82) is 0 Å². The second kappa shape index (κ2) is 7.57. The van der Waals surface area contributed by atoms with Crippen LogP contribution in [0.25, 0.3) is 0 Å². The van der Waals surface area contributed by atoms with E-state index in [9.17, 15) is 0 Å². The molecule has 0 unspecified atom stereocenters. The summed E-state index contributed by atoms with van der Waals surface area (Å²) >= 11 is 0. The van der Waals surface area contributed by atoms with Gasteiger partial charge in [0.05, 0.1) is 0 Å². The lowest BCUT2D eigenvalue weighted by Gasteiger charge is -2.07. The van der Waals surface area contributed by atoms with Crippen molar-refractivity contribution < 1.29 is 0 Å². The molecule has 1 aromatic rings. The van der Waals surface area contributed by atoms with Crippen molar-refractivity contribution in [2.24, 2.45) is 0 Å². The van der Waals surface area contributed by atoms with Crippen molar-refractivity contribution in [3.05, 3.63) is 35.4 Å². The van der Waals surface area contributed by atoms with Crippen LogP contribution in [0.15, 0.2) is 24.3 Å². The van der Waals surface area contributed by atoms with Crippen molar-refractivity contribution >= 4 is 0 Å². The molecule has 0 aliphatic heterocycles. The lowest BCUT2D eigenvalue weighted by atomic mass is 10.0. The van der Waals surface area contributed by atoms with Gasteiger partial charge in [0.1, 0.15) is 0 Å². The van der Waals surface area contributed by atoms with E-state index in [1.54, 1.807) is 0 Å². The van der Waals surface area contributed by atoms with Crippen molar-refractivity contribution in [3.8, 4) is 0 Å². The van der Waals surface area contributed by atoms with Gasteiger partial charge in [0.2, 0.25) is 0 Å². The van der Waals surface area contributed by atoms with E-state index in [0.29, 0.717) is 5.92 Å². The maximum absolute atomic E-state index is 3.15. The Labute approximate surface area is 88.5 Å². The predicted octanol–water partition coefficient (Wildman–Crippen LogP) is 3.56. The highest BCUT2D eigenvalue weighted by Crippen LogP contribution is 2.15. The fourth-order valence-corrected chi connectivity index (χ4v) is 1.27. The van der Waals surface area contributed by atoms with Crippen LogP contribution >= 0.6 is 0 Å². The van der Waals surface area contributed by atoms with E-state index in [1.807, 2.05) is 20.9 Å². The summed E-state index contributed by atoms with van der Waals surface area (Å²) in [6, 6.07) is 8.73. The Balaban J connectivity index is 0.000000791. The predicted molar refractivity (Wildman–Crippen MR) is 64.6 cm³/mol. The Morgan fingerprint density at radius 1 is 1.21 bits per heavy atom. The van der Waals surface area contributed by atoms with Gasteiger partial charge in [-0.15, -0.1) is 0 Å². The van der Waals surface area contributed by atoms with Gasteiger partial charge in [0, 0.05) is 6.54 Å². The number of hydrogen-bond donors (Lipinski definition) is 1. The summed E-state index contributed by atoms with van der Waals surface area (Å²) in [6.07, 6.45) is 0. The SMILES string of the molecule is CC.CNCc1cccc(C(C)C)c1. The van der Waals surface area contributed by atoms with Crippen LogP contribution in [0.4, 0.5) is 0 Å². The minimum atomic E-state index is 0.627. The maximum Gasteiger partial charge on any atom is 0.0202 e. The van der Waals surface area contributed by atoms with E-state index >= 15 is 0 Å². The monoisotopic (exact) mass is 193 g/mol. The molecule has 1 heteroatoms. The highest BCUT2D eigenvalue weighted by molar-refractivity contribution is 5.25. The highest BCUT2D eigenvalue weighted by atomic mass is 14.8. The zero-order valence-electron chi connectivity index (χ0n) is 10.1. The van der Waals surface area contributed by atoms with E-state index in [4.69, 9.17) is 0 Å². The van der Waals surface area contributed by atoms with Crippen LogP contribution in [0.3, 0.4) is 0 Å². The lowest BCUT2D eigenvalue weighted by Crippen LogP contribution is -2.05. The van der Waals surface area contributed by atoms with Crippen molar-refractivity contribution in [2.45, 2.75) is 40.2 Å². The number of hydrogen-bond acceptors (Lipinski definition) is 1. The van der Waals surface area contributed by atoms with E-state index in [1.165, 1.54) is 11.1 Å². The highest BCUT2D eigenvalue weighted by Gasteiger charge is 1.98. The summed E-state index contributed by atoms with van der Waals surface area (Å²) in [5, 5.41) is 3.15. The summed E-state index contributed by atoms with van der Waals surface area (Å²) < 4.78 is 0. The first-order valence-corrected chi connectivity index (χ1v) is 5.47. The molecule has 80 valence electrons. The number of nitrogens with one attached hydrogen (secondary N) is 1. The van der Waals surface area contributed by atoms with Crippen LogP contribution in [0.2, 0.25) is 0 Å². The molecule has 1 nitrogen and oxygen atoms in total. The topological polar surface area (TPSA) is 12.0 Å². The van der Waals surface area contributed by atoms with Crippen LogP contribution < -0.4 is 5.32 Å². The Hall–Kier alpha value is -0.820. The van der Waals surface area contributed by atoms with Gasteiger partial charge < -0.3 is 5.32 Å². The summed E-state index contributed by atoms with van der Waals surface area (Å²) in [5.74, 6) is 0.627. The fourth-order valence-electron chi connectivity index (χ4n) is 1.27. The van der Waals surface area contributed by atoms with E-state index in [2.05, 4.69) is 43.4 Å². The van der Waals surface area contributed by atoms with Gasteiger partial charge in [-0.25, -0.2) is 0 Å². The summed E-state index contributed by atoms with van der Waals surface area (Å²) in [7, 11) is 1.97. The second-order valence-electron chi connectivity index (χ2n) is 3.43. The molecule has 14 heavy (non-hydrogen) atoms. The smallest absolute Gasteiger partial charge is 0.0202 e. The van der Waals surface area contributed by atoms with Crippen LogP contribution in [0.5, 0.6) is 0 Å². The van der Waals surface area contributed by atoms with Gasteiger partial charge in [-0.05, 0) is 24.1 Å². The first-order chi connectivity index (χ1) is 6.74. The molecule has 0 saturated carbocycles. The molecule has 1 N–H and O–H groups in total. The largest absolute Gasteiger partial charge is 0.316 e. The van der Waals surface area contributed by atoms with Crippen LogP contribution in [0, 0.1) is 0 Å². The molecule has 1 aromatic carbocycles. The molecule has 0 aliphatic carbocycles. The molecule has 0 saturated heterocycles. The molecular weight excluding hydrogens is 170 g/mol. The van der Waals surface area contributed by atoms with Crippen LogP contribution in [0.1, 0.15) is 44.7 Å². The van der Waals surface area contributed by atoms with Gasteiger partial charge in [0.15, 0.2) is 0 Å². The van der Waals surface area contributed by atoms with E-state index in [0.717, 1.165) is 6.54 Å². The molecule has 0 heterocycles.